The molecule has 0 aromatic carbocycles. The highest BCUT2D eigenvalue weighted by atomic mass is 32.1. The Kier molecular flexibility index (Phi) is 2.93. The van der Waals surface area contributed by atoms with E-state index >= 15 is 0 Å². The Morgan fingerprint density at radius 3 is 2.79 bits per heavy atom. The van der Waals surface area contributed by atoms with Crippen LogP contribution in [-0.4, -0.2) is 6.04 Å². The highest BCUT2D eigenvalue weighted by Crippen LogP contribution is 2.33. The molecule has 3 unspecified atom stereocenters. The van der Waals surface area contributed by atoms with Crippen LogP contribution in [0.5, 0.6) is 0 Å². The van der Waals surface area contributed by atoms with Gasteiger partial charge in [-0.1, -0.05) is 13.8 Å². The Labute approximate surface area is 90.5 Å². The Morgan fingerprint density at radius 2 is 2.29 bits per heavy atom. The molecule has 1 heterocycles. The van der Waals surface area contributed by atoms with Gasteiger partial charge in [-0.15, -0.1) is 11.3 Å². The van der Waals surface area contributed by atoms with Crippen molar-refractivity contribution < 1.29 is 0 Å². The molecule has 1 nitrogen and oxygen atoms in total. The fourth-order valence-corrected chi connectivity index (χ4v) is 2.85. The van der Waals surface area contributed by atoms with Crippen molar-refractivity contribution in [2.75, 3.05) is 0 Å². The van der Waals surface area contributed by atoms with Gasteiger partial charge in [-0.05, 0) is 42.2 Å². The highest BCUT2D eigenvalue weighted by molar-refractivity contribution is 7.10. The summed E-state index contributed by atoms with van der Waals surface area (Å²) in [6.45, 7) is 7.91. The fraction of sp³-hybridized carbons (Fsp3) is 0.667. The topological polar surface area (TPSA) is 12.0 Å². The first-order chi connectivity index (χ1) is 6.66. The molecule has 14 heavy (non-hydrogen) atoms. The van der Waals surface area contributed by atoms with Gasteiger partial charge in [0, 0.05) is 17.5 Å². The van der Waals surface area contributed by atoms with Crippen molar-refractivity contribution in [2.45, 2.75) is 39.8 Å². The van der Waals surface area contributed by atoms with Crippen molar-refractivity contribution >= 4 is 11.3 Å². The largest absolute Gasteiger partial charge is 0.310 e. The SMILES string of the molecule is Cc1cc(CNC2CC(C)C2C)cs1. The maximum absolute atomic E-state index is 3.64. The second-order valence-electron chi connectivity index (χ2n) is 4.63. The lowest BCUT2D eigenvalue weighted by atomic mass is 9.71. The molecule has 2 heteroatoms. The van der Waals surface area contributed by atoms with E-state index in [4.69, 9.17) is 0 Å². The van der Waals surface area contributed by atoms with Crippen LogP contribution in [0.2, 0.25) is 0 Å². The van der Waals surface area contributed by atoms with E-state index in [-0.39, 0.29) is 0 Å². The lowest BCUT2D eigenvalue weighted by molar-refractivity contribution is 0.136. The van der Waals surface area contributed by atoms with Crippen LogP contribution in [-0.2, 0) is 6.54 Å². The molecule has 1 saturated carbocycles. The van der Waals surface area contributed by atoms with Gasteiger partial charge in [-0.2, -0.15) is 0 Å². The van der Waals surface area contributed by atoms with E-state index in [1.807, 2.05) is 11.3 Å². The summed E-state index contributed by atoms with van der Waals surface area (Å²) in [7, 11) is 0. The third-order valence-corrected chi connectivity index (χ3v) is 4.42. The van der Waals surface area contributed by atoms with Gasteiger partial charge < -0.3 is 5.32 Å². The number of thiophene rings is 1. The smallest absolute Gasteiger partial charge is 0.0216 e. The molecule has 0 radical (unpaired) electrons. The first-order valence-corrected chi connectivity index (χ1v) is 6.32. The van der Waals surface area contributed by atoms with E-state index in [9.17, 15) is 0 Å². The zero-order valence-corrected chi connectivity index (χ0v) is 10.0. The summed E-state index contributed by atoms with van der Waals surface area (Å²) >= 11 is 1.84. The van der Waals surface area contributed by atoms with Crippen molar-refractivity contribution in [3.8, 4) is 0 Å². The molecule has 1 aromatic heterocycles. The molecule has 0 amide bonds. The van der Waals surface area contributed by atoms with Gasteiger partial charge in [0.15, 0.2) is 0 Å². The Morgan fingerprint density at radius 1 is 1.50 bits per heavy atom. The molecular weight excluding hydrogens is 190 g/mol. The van der Waals surface area contributed by atoms with Gasteiger partial charge in [0.05, 0.1) is 0 Å². The molecule has 0 spiro atoms. The van der Waals surface area contributed by atoms with Gasteiger partial charge in [0.2, 0.25) is 0 Å². The lowest BCUT2D eigenvalue weighted by Gasteiger charge is -2.41. The Balaban J connectivity index is 1.78. The van der Waals surface area contributed by atoms with Crippen molar-refractivity contribution in [3.05, 3.63) is 21.9 Å². The maximum Gasteiger partial charge on any atom is 0.0216 e. The molecule has 1 aromatic rings. The molecule has 1 N–H and O–H groups in total. The van der Waals surface area contributed by atoms with Crippen LogP contribution in [0.25, 0.3) is 0 Å². The average Bonchev–Trinajstić information content (AvgIpc) is 2.58. The fourth-order valence-electron chi connectivity index (χ4n) is 2.14. The van der Waals surface area contributed by atoms with E-state index in [1.54, 1.807) is 0 Å². The van der Waals surface area contributed by atoms with Gasteiger partial charge >= 0.3 is 0 Å². The molecule has 2 rings (SSSR count). The van der Waals surface area contributed by atoms with E-state index < -0.39 is 0 Å². The quantitative estimate of drug-likeness (QED) is 0.806. The van der Waals surface area contributed by atoms with Crippen LogP contribution in [0.15, 0.2) is 11.4 Å². The van der Waals surface area contributed by atoms with Crippen LogP contribution in [0.4, 0.5) is 0 Å². The average molecular weight is 209 g/mol. The summed E-state index contributed by atoms with van der Waals surface area (Å²) in [5.41, 5.74) is 1.44. The molecule has 0 saturated heterocycles. The van der Waals surface area contributed by atoms with Crippen molar-refractivity contribution in [2.24, 2.45) is 11.8 Å². The summed E-state index contributed by atoms with van der Waals surface area (Å²) in [5, 5.41) is 5.89. The minimum Gasteiger partial charge on any atom is -0.310 e. The number of rotatable bonds is 3. The molecule has 0 bridgehead atoms. The van der Waals surface area contributed by atoms with Crippen molar-refractivity contribution in [3.63, 3.8) is 0 Å². The number of hydrogen-bond donors (Lipinski definition) is 1. The summed E-state index contributed by atoms with van der Waals surface area (Å²) in [6, 6.07) is 3.04. The second kappa shape index (κ2) is 4.03. The summed E-state index contributed by atoms with van der Waals surface area (Å²) in [4.78, 5) is 1.41. The molecule has 0 aliphatic heterocycles. The monoisotopic (exact) mass is 209 g/mol. The number of aryl methyl sites for hydroxylation is 1. The Bertz CT molecular complexity index is 305. The second-order valence-corrected chi connectivity index (χ2v) is 5.74. The van der Waals surface area contributed by atoms with Gasteiger partial charge in [-0.25, -0.2) is 0 Å². The van der Waals surface area contributed by atoms with Gasteiger partial charge in [-0.3, -0.25) is 0 Å². The van der Waals surface area contributed by atoms with Crippen molar-refractivity contribution in [1.29, 1.82) is 0 Å². The highest BCUT2D eigenvalue weighted by Gasteiger charge is 2.33. The molecule has 3 atom stereocenters. The summed E-state index contributed by atoms with van der Waals surface area (Å²) < 4.78 is 0. The third-order valence-electron chi connectivity index (χ3n) is 3.51. The van der Waals surface area contributed by atoms with Crippen LogP contribution < -0.4 is 5.32 Å². The van der Waals surface area contributed by atoms with Crippen LogP contribution in [0.3, 0.4) is 0 Å². The van der Waals surface area contributed by atoms with E-state index in [0.29, 0.717) is 0 Å². The first-order valence-electron chi connectivity index (χ1n) is 5.44. The third kappa shape index (κ3) is 2.01. The van der Waals surface area contributed by atoms with Crippen molar-refractivity contribution in [1.82, 2.24) is 5.32 Å². The van der Waals surface area contributed by atoms with Crippen LogP contribution in [0, 0.1) is 18.8 Å². The molecule has 1 aliphatic carbocycles. The first kappa shape index (κ1) is 10.2. The molecular formula is C12H19NS. The maximum atomic E-state index is 3.64. The minimum atomic E-state index is 0.755. The van der Waals surface area contributed by atoms with Gasteiger partial charge in [0.25, 0.3) is 0 Å². The molecule has 1 fully saturated rings. The standard InChI is InChI=1S/C12H19NS/c1-8-4-12(10(8)3)13-6-11-5-9(2)14-7-11/h5,7-8,10,12-13H,4,6H2,1-3H3. The van der Waals surface area contributed by atoms with Crippen LogP contribution in [0.1, 0.15) is 30.7 Å². The van der Waals surface area contributed by atoms with E-state index in [0.717, 1.165) is 24.4 Å². The minimum absolute atomic E-state index is 0.755. The lowest BCUT2D eigenvalue weighted by Crippen LogP contribution is -2.47. The Hall–Kier alpha value is -0.340. The summed E-state index contributed by atoms with van der Waals surface area (Å²) in [6.07, 6.45) is 1.35. The van der Waals surface area contributed by atoms with E-state index in [1.165, 1.54) is 16.9 Å². The predicted octanol–water partition coefficient (Wildman–Crippen LogP) is 3.19. The molecule has 78 valence electrons. The molecule has 1 aliphatic rings. The zero-order valence-electron chi connectivity index (χ0n) is 9.21. The normalized spacial score (nSPS) is 31.5. The van der Waals surface area contributed by atoms with Crippen LogP contribution >= 0.6 is 11.3 Å². The van der Waals surface area contributed by atoms with Gasteiger partial charge in [0.1, 0.15) is 0 Å². The predicted molar refractivity (Wildman–Crippen MR) is 62.6 cm³/mol. The summed E-state index contributed by atoms with van der Waals surface area (Å²) in [5.74, 6) is 1.77. The van der Waals surface area contributed by atoms with E-state index in [2.05, 4.69) is 37.5 Å². The zero-order chi connectivity index (χ0) is 10.1. The number of hydrogen-bond acceptors (Lipinski definition) is 2. The number of nitrogens with one attached hydrogen (secondary N) is 1.